The second kappa shape index (κ2) is 96.5. The molecule has 0 radical (unpaired) electrons. The van der Waals surface area contributed by atoms with Crippen molar-refractivity contribution in [1.82, 2.24) is 26.6 Å². The van der Waals surface area contributed by atoms with E-state index >= 15 is 0 Å². The molecule has 0 saturated carbocycles. The van der Waals surface area contributed by atoms with Gasteiger partial charge in [-0.05, 0) is 109 Å². The summed E-state index contributed by atoms with van der Waals surface area (Å²) in [5.74, 6) is -1.30. The number of rotatable bonds is 81. The molecule has 0 aromatic carbocycles. The second-order valence-electron chi connectivity index (χ2n) is 32.8. The van der Waals surface area contributed by atoms with Gasteiger partial charge in [0.05, 0.1) is 37.2 Å². The summed E-state index contributed by atoms with van der Waals surface area (Å²) in [6.45, 7) is 22.0. The van der Waals surface area contributed by atoms with Crippen LogP contribution in [0.5, 0.6) is 0 Å². The van der Waals surface area contributed by atoms with Gasteiger partial charge in [-0.2, -0.15) is 0 Å². The first-order chi connectivity index (χ1) is 56.6. The number of carboxylic acids is 1. The van der Waals surface area contributed by atoms with Crippen molar-refractivity contribution in [3.8, 4) is 0 Å². The Morgan fingerprint density at radius 2 is 0.419 bits per heavy atom. The van der Waals surface area contributed by atoms with E-state index in [0.717, 1.165) is 122 Å². The zero-order valence-corrected chi connectivity index (χ0v) is 77.5. The standard InChI is InChI=1S/C21H42N2O2.C20H40N2O2.C19H35NO4.C18H36N2O2.C18H35NO3/c1-3-5-6-7-8-9-10-11-12-17-21(25)23-19(16-13-14-18-22)20(24)15-4-2;1-3-5-6-7-8-9-10-11-12-16-20(24)22-18(15-13-17-21)19(23)14-4-2;1-3-5-6-7-8-9-10-11-12-14-18(22)20-16(15-19(23)24)17(21)13-4-2;1-3-5-6-7-8-9-10-11-12-14-18(22)20-16(15-19)17(21)13-4-2;1-3-5-6-7-8-9-10-11-12-14-18(22)19-16(15-20)17(21)13-4-2/h19H,3-18,22H2,1-2H3,(H,23,25);18H,3-17,21H2,1-2H3,(H,22,24);16H,3-15H2,1-2H3,(H,20,22)(H,23,24);16H,3-15,19H2,1-2H3,(H,20,22);16,20H,3-15H2,1-2H3,(H,19,22). The van der Waals surface area contributed by atoms with E-state index in [4.69, 9.17) is 27.4 Å². The number of aliphatic carboxylic acids is 1. The summed E-state index contributed by atoms with van der Waals surface area (Å²) in [4.78, 5) is 130. The Morgan fingerprint density at radius 3 is 0.641 bits per heavy atom. The lowest BCUT2D eigenvalue weighted by Crippen LogP contribution is -2.45. The lowest BCUT2D eigenvalue weighted by Gasteiger charge is -2.17. The Bertz CT molecular complexity index is 2270. The van der Waals surface area contributed by atoms with E-state index in [1.807, 2.05) is 34.6 Å². The van der Waals surface area contributed by atoms with Crippen LogP contribution in [0, 0.1) is 0 Å². The molecular formula is C96H188N8O13. The van der Waals surface area contributed by atoms with E-state index in [9.17, 15) is 52.7 Å². The van der Waals surface area contributed by atoms with Crippen LogP contribution in [0.25, 0.3) is 0 Å². The number of Topliss-reactive ketones (excluding diaryl/α,β-unsaturated/α-hetero) is 5. The number of carbonyl (C=O) groups excluding carboxylic acids is 10. The van der Waals surface area contributed by atoms with Gasteiger partial charge in [-0.25, -0.2) is 0 Å². The van der Waals surface area contributed by atoms with Crippen molar-refractivity contribution < 1.29 is 63.0 Å². The first kappa shape index (κ1) is 121. The third kappa shape index (κ3) is 88.6. The van der Waals surface area contributed by atoms with E-state index in [1.165, 1.54) is 218 Å². The first-order valence-electron chi connectivity index (χ1n) is 48.6. The molecule has 21 heteroatoms. The summed E-state index contributed by atoms with van der Waals surface area (Å²) in [5, 5.41) is 31.9. The predicted molar refractivity (Wildman–Crippen MR) is 488 cm³/mol. The Labute approximate surface area is 717 Å². The quantitative estimate of drug-likeness (QED) is 0.0253. The minimum Gasteiger partial charge on any atom is -0.481 e. The van der Waals surface area contributed by atoms with Crippen molar-refractivity contribution in [2.75, 3.05) is 26.2 Å². The predicted octanol–water partition coefficient (Wildman–Crippen LogP) is 21.1. The molecule has 0 heterocycles. The Balaban J connectivity index is -0.000000447. The molecule has 5 atom stereocenters. The van der Waals surface area contributed by atoms with Crippen molar-refractivity contribution in [3.05, 3.63) is 0 Å². The minimum atomic E-state index is -1.06. The third-order valence-corrected chi connectivity index (χ3v) is 21.1. The monoisotopic (exact) mass is 1660 g/mol. The summed E-state index contributed by atoms with van der Waals surface area (Å²) in [6.07, 6.45) is 67.2. The summed E-state index contributed by atoms with van der Waals surface area (Å²) >= 11 is 0. The molecule has 0 rings (SSSR count). The van der Waals surface area contributed by atoms with Crippen LogP contribution in [0.15, 0.2) is 0 Å². The summed E-state index contributed by atoms with van der Waals surface area (Å²) in [5.41, 5.74) is 16.6. The van der Waals surface area contributed by atoms with Crippen LogP contribution in [-0.4, -0.2) is 131 Å². The highest BCUT2D eigenvalue weighted by Crippen LogP contribution is 2.18. The fourth-order valence-electron chi connectivity index (χ4n) is 13.8. The largest absolute Gasteiger partial charge is 0.481 e. The average Bonchev–Trinajstić information content (AvgIpc) is 0.928. The number of carbonyl (C=O) groups is 11. The molecule has 117 heavy (non-hydrogen) atoms. The van der Waals surface area contributed by atoms with Gasteiger partial charge in [0.15, 0.2) is 28.9 Å². The number of nitrogens with two attached hydrogens (primary N) is 3. The van der Waals surface area contributed by atoms with Gasteiger partial charge < -0.3 is 54.0 Å². The van der Waals surface area contributed by atoms with Gasteiger partial charge in [0.2, 0.25) is 29.5 Å². The van der Waals surface area contributed by atoms with E-state index in [2.05, 4.69) is 61.2 Å². The van der Waals surface area contributed by atoms with Gasteiger partial charge in [-0.3, -0.25) is 52.7 Å². The highest BCUT2D eigenvalue weighted by Gasteiger charge is 2.25. The molecule has 0 fully saturated rings. The fraction of sp³-hybridized carbons (Fsp3) is 0.885. The van der Waals surface area contributed by atoms with Gasteiger partial charge in [0.1, 0.15) is 6.04 Å². The molecule has 690 valence electrons. The molecule has 13 N–H and O–H groups in total. The van der Waals surface area contributed by atoms with Gasteiger partial charge in [-0.1, -0.05) is 326 Å². The van der Waals surface area contributed by atoms with Crippen LogP contribution < -0.4 is 43.8 Å². The maximum absolute atomic E-state index is 12.2. The Hall–Kier alpha value is -4.99. The van der Waals surface area contributed by atoms with Crippen molar-refractivity contribution in [3.63, 3.8) is 0 Å². The Kier molecular flexibility index (Phi) is 99.4. The molecule has 0 saturated heterocycles. The summed E-state index contributed by atoms with van der Waals surface area (Å²) in [6, 6.07) is -2.73. The Morgan fingerprint density at radius 1 is 0.222 bits per heavy atom. The van der Waals surface area contributed by atoms with Gasteiger partial charge in [0, 0.05) is 70.8 Å². The maximum atomic E-state index is 12.2. The topological polar surface area (TPSA) is 366 Å². The molecule has 0 spiro atoms. The maximum Gasteiger partial charge on any atom is 0.305 e. The number of aliphatic hydroxyl groups excluding tert-OH is 1. The van der Waals surface area contributed by atoms with E-state index in [0.29, 0.717) is 90.1 Å². The first-order valence-corrected chi connectivity index (χ1v) is 48.6. The fourth-order valence-corrected chi connectivity index (χ4v) is 13.8. The zero-order chi connectivity index (χ0) is 88.3. The molecule has 0 aliphatic heterocycles. The van der Waals surface area contributed by atoms with Crippen LogP contribution in [0.1, 0.15) is 493 Å². The molecule has 0 aromatic heterocycles. The molecule has 21 nitrogen and oxygen atoms in total. The lowest BCUT2D eigenvalue weighted by molar-refractivity contribution is -0.140. The second-order valence-corrected chi connectivity index (χ2v) is 32.8. The van der Waals surface area contributed by atoms with Crippen LogP contribution in [0.4, 0.5) is 0 Å². The van der Waals surface area contributed by atoms with Crippen LogP contribution in [0.2, 0.25) is 0 Å². The summed E-state index contributed by atoms with van der Waals surface area (Å²) in [7, 11) is 0. The van der Waals surface area contributed by atoms with Crippen LogP contribution in [-0.2, 0) is 52.7 Å². The van der Waals surface area contributed by atoms with E-state index < -0.39 is 24.1 Å². The van der Waals surface area contributed by atoms with Crippen LogP contribution >= 0.6 is 0 Å². The third-order valence-electron chi connectivity index (χ3n) is 21.1. The minimum absolute atomic E-state index is 0.0180. The number of unbranched alkanes of at least 4 members (excludes halogenated alkanes) is 41. The van der Waals surface area contributed by atoms with E-state index in [1.54, 1.807) is 0 Å². The normalized spacial score (nSPS) is 12.1. The van der Waals surface area contributed by atoms with Gasteiger partial charge in [-0.15, -0.1) is 0 Å². The van der Waals surface area contributed by atoms with Gasteiger partial charge in [0.25, 0.3) is 0 Å². The zero-order valence-electron chi connectivity index (χ0n) is 77.5. The van der Waals surface area contributed by atoms with Gasteiger partial charge >= 0.3 is 5.97 Å². The van der Waals surface area contributed by atoms with Crippen LogP contribution in [0.3, 0.4) is 0 Å². The number of hydrogen-bond acceptors (Lipinski definition) is 15. The highest BCUT2D eigenvalue weighted by molar-refractivity contribution is 5.93. The van der Waals surface area contributed by atoms with Crippen molar-refractivity contribution in [2.24, 2.45) is 17.2 Å². The molecule has 0 aromatic rings. The number of amides is 5. The van der Waals surface area contributed by atoms with E-state index in [-0.39, 0.29) is 90.1 Å². The lowest BCUT2D eigenvalue weighted by atomic mass is 10.0. The summed E-state index contributed by atoms with van der Waals surface area (Å²) < 4.78 is 0. The molecule has 0 aliphatic carbocycles. The SMILES string of the molecule is CCCCCCCCCCCC(=O)NC(CC(=O)O)C(=O)CCC.CCCCCCCCCCCC(=O)NC(CCCCN)C(=O)CCC.CCCCCCCCCCCC(=O)NC(CCCN)C(=O)CCC.CCCCCCCCCCCC(=O)NC(CN)C(=O)CCC.CCCCCCCCCCCC(=O)NC(CO)C(=O)CCC. The number of nitrogens with one attached hydrogen (secondary N) is 5. The molecule has 5 amide bonds. The van der Waals surface area contributed by atoms with Crippen molar-refractivity contribution in [1.29, 1.82) is 0 Å². The molecule has 0 bridgehead atoms. The van der Waals surface area contributed by atoms with Crippen molar-refractivity contribution >= 4 is 64.4 Å². The smallest absolute Gasteiger partial charge is 0.305 e. The average molecular weight is 1660 g/mol. The van der Waals surface area contributed by atoms with Crippen molar-refractivity contribution in [2.45, 2.75) is 523 Å². The number of ketones is 5. The molecular weight excluding hydrogens is 1470 g/mol. The molecule has 5 unspecified atom stereocenters. The number of aliphatic hydroxyl groups is 1. The number of hydrogen-bond donors (Lipinski definition) is 10. The highest BCUT2D eigenvalue weighted by atomic mass is 16.4. The molecule has 0 aliphatic rings. The number of carboxylic acid groups (broad SMARTS) is 1.